The predicted octanol–water partition coefficient (Wildman–Crippen LogP) is 2.49. The number of allylic oxidation sites excluding steroid dienone is 3. The van der Waals surface area contributed by atoms with Crippen LogP contribution in [0.2, 0.25) is 0 Å². The van der Waals surface area contributed by atoms with Crippen LogP contribution in [-0.2, 0) is 0 Å². The predicted molar refractivity (Wildman–Crippen MR) is 82.8 cm³/mol. The maximum absolute atomic E-state index is 12.8. The second-order valence-electron chi connectivity index (χ2n) is 5.60. The van der Waals surface area contributed by atoms with Crippen molar-refractivity contribution in [1.29, 1.82) is 0 Å². The number of H-pyrrole nitrogens is 1. The fourth-order valence-electron chi connectivity index (χ4n) is 3.57. The molecule has 100 valence electrons. The Morgan fingerprint density at radius 3 is 2.90 bits per heavy atom. The van der Waals surface area contributed by atoms with Gasteiger partial charge >= 0.3 is 0 Å². The Hall–Kier alpha value is -2.65. The summed E-state index contributed by atoms with van der Waals surface area (Å²) in [5.74, 6) is 0.154. The van der Waals surface area contributed by atoms with Crippen molar-refractivity contribution in [1.82, 2.24) is 4.98 Å². The van der Waals surface area contributed by atoms with Crippen LogP contribution in [0.5, 0.6) is 0 Å². The third-order valence-electron chi connectivity index (χ3n) is 4.53. The van der Waals surface area contributed by atoms with Gasteiger partial charge in [-0.25, -0.2) is 0 Å². The minimum Gasteiger partial charge on any atom is -0.354 e. The number of Topliss-reactive ketones (excluding diaryl/α,β-unsaturated/α-hetero) is 1. The molecule has 0 fully saturated rings. The van der Waals surface area contributed by atoms with Gasteiger partial charge in [0.2, 0.25) is 0 Å². The van der Waals surface area contributed by atoms with Gasteiger partial charge in [0.15, 0.2) is 5.70 Å². The molecule has 3 heterocycles. The van der Waals surface area contributed by atoms with E-state index >= 15 is 0 Å². The molecule has 0 saturated heterocycles. The lowest BCUT2D eigenvalue weighted by atomic mass is 10.1. The fourth-order valence-corrected chi connectivity index (χ4v) is 3.57. The van der Waals surface area contributed by atoms with E-state index in [4.69, 9.17) is 0 Å². The Morgan fingerprint density at radius 1 is 1.05 bits per heavy atom. The molecule has 3 nitrogen and oxygen atoms in total. The van der Waals surface area contributed by atoms with Crippen molar-refractivity contribution < 1.29 is 9.69 Å². The smallest absolute Gasteiger partial charge is 0.254 e. The molecule has 0 aliphatic carbocycles. The number of nitrogens with one attached hydrogen (secondary N) is 2. The van der Waals surface area contributed by atoms with E-state index in [0.29, 0.717) is 0 Å². The second-order valence-corrected chi connectivity index (χ2v) is 5.60. The van der Waals surface area contributed by atoms with E-state index in [1.807, 2.05) is 24.3 Å². The maximum atomic E-state index is 12.8. The summed E-state index contributed by atoms with van der Waals surface area (Å²) in [6, 6.07) is 12.4. The van der Waals surface area contributed by atoms with Gasteiger partial charge in [-0.1, -0.05) is 24.3 Å². The van der Waals surface area contributed by atoms with Crippen LogP contribution >= 0.6 is 0 Å². The topological polar surface area (TPSA) is 37.3 Å². The highest BCUT2D eigenvalue weighted by atomic mass is 16.1. The first-order valence-electron chi connectivity index (χ1n) is 7.16. The second kappa shape index (κ2) is 3.71. The van der Waals surface area contributed by atoms with E-state index in [0.717, 1.165) is 44.8 Å². The van der Waals surface area contributed by atoms with Crippen LogP contribution in [0.1, 0.15) is 10.4 Å². The number of rotatable bonds is 0. The van der Waals surface area contributed by atoms with Crippen LogP contribution in [-0.4, -0.2) is 17.3 Å². The lowest BCUT2D eigenvalue weighted by Crippen LogP contribution is -3.04. The van der Waals surface area contributed by atoms with Crippen molar-refractivity contribution in [2.24, 2.45) is 0 Å². The highest BCUT2D eigenvalue weighted by Crippen LogP contribution is 2.34. The monoisotopic (exact) mass is 273 g/mol. The van der Waals surface area contributed by atoms with Gasteiger partial charge in [0, 0.05) is 28.4 Å². The summed E-state index contributed by atoms with van der Waals surface area (Å²) >= 11 is 0. The van der Waals surface area contributed by atoms with Gasteiger partial charge < -0.3 is 4.98 Å². The molecule has 5 rings (SSSR count). The summed E-state index contributed by atoms with van der Waals surface area (Å²) < 4.78 is 0. The highest BCUT2D eigenvalue weighted by molar-refractivity contribution is 6.23. The van der Waals surface area contributed by atoms with E-state index in [1.165, 1.54) is 5.39 Å². The standard InChI is InChI=1S/C18H12N2O/c21-18-15-7-3-4-10-20(15)14-9-8-12-11-5-1-2-6-13(11)19-17(12)16(14)18/h1-9,19H,10H2/p+1. The third-order valence-corrected chi connectivity index (χ3v) is 4.53. The molecule has 2 aliphatic rings. The van der Waals surface area contributed by atoms with Gasteiger partial charge in [-0.15, -0.1) is 0 Å². The van der Waals surface area contributed by atoms with Crippen LogP contribution in [0.25, 0.3) is 21.8 Å². The Kier molecular flexibility index (Phi) is 1.95. The molecule has 2 aliphatic heterocycles. The molecular weight excluding hydrogens is 260 g/mol. The average molecular weight is 273 g/mol. The zero-order valence-electron chi connectivity index (χ0n) is 11.3. The summed E-state index contributed by atoms with van der Waals surface area (Å²) in [4.78, 5) is 17.4. The van der Waals surface area contributed by atoms with Gasteiger partial charge in [0.25, 0.3) is 5.78 Å². The maximum Gasteiger partial charge on any atom is 0.254 e. The number of hydrogen-bond donors (Lipinski definition) is 2. The SMILES string of the molecule is O=C1C2=CC=CC[NH+]2c2ccc3c([nH]c4ccccc43)c21. The quantitative estimate of drug-likeness (QED) is 0.649. The zero-order valence-corrected chi connectivity index (χ0v) is 11.3. The van der Waals surface area contributed by atoms with Crippen LogP contribution in [0, 0.1) is 0 Å². The fraction of sp³-hybridized carbons (Fsp3) is 0.0556. The first-order valence-corrected chi connectivity index (χ1v) is 7.16. The molecule has 1 unspecified atom stereocenters. The molecule has 2 aromatic carbocycles. The van der Waals surface area contributed by atoms with E-state index in [9.17, 15) is 4.79 Å². The number of carbonyl (C=O) groups excluding carboxylic acids is 1. The number of aromatic nitrogens is 1. The first-order chi connectivity index (χ1) is 10.3. The van der Waals surface area contributed by atoms with Crippen molar-refractivity contribution in [2.75, 3.05) is 6.54 Å². The molecule has 0 bridgehead atoms. The van der Waals surface area contributed by atoms with Gasteiger partial charge in [0.1, 0.15) is 17.8 Å². The number of hydrogen-bond acceptors (Lipinski definition) is 1. The Bertz CT molecular complexity index is 991. The highest BCUT2D eigenvalue weighted by Gasteiger charge is 2.40. The molecule has 3 aromatic rings. The Labute approximate surface area is 121 Å². The number of quaternary nitrogens is 1. The van der Waals surface area contributed by atoms with Gasteiger partial charge in [-0.2, -0.15) is 0 Å². The Morgan fingerprint density at radius 2 is 1.95 bits per heavy atom. The minimum absolute atomic E-state index is 0.154. The molecule has 0 radical (unpaired) electrons. The number of fused-ring (bicyclic) bond motifs is 7. The summed E-state index contributed by atoms with van der Waals surface area (Å²) in [6.07, 6.45) is 6.03. The molecule has 0 amide bonds. The largest absolute Gasteiger partial charge is 0.354 e. The normalized spacial score (nSPS) is 19.9. The van der Waals surface area contributed by atoms with E-state index in [-0.39, 0.29) is 5.78 Å². The van der Waals surface area contributed by atoms with E-state index in [1.54, 1.807) is 0 Å². The van der Waals surface area contributed by atoms with Crippen LogP contribution in [0.4, 0.5) is 5.69 Å². The molecule has 3 heteroatoms. The summed E-state index contributed by atoms with van der Waals surface area (Å²) in [5, 5.41) is 2.31. The molecule has 0 saturated carbocycles. The lowest BCUT2D eigenvalue weighted by Gasteiger charge is -2.13. The average Bonchev–Trinajstić information content (AvgIpc) is 3.04. The van der Waals surface area contributed by atoms with Crippen molar-refractivity contribution in [3.8, 4) is 0 Å². The van der Waals surface area contributed by atoms with Crippen LogP contribution in [0.15, 0.2) is 60.3 Å². The van der Waals surface area contributed by atoms with Crippen molar-refractivity contribution in [3.63, 3.8) is 0 Å². The van der Waals surface area contributed by atoms with E-state index in [2.05, 4.69) is 35.3 Å². The first kappa shape index (κ1) is 11.1. The van der Waals surface area contributed by atoms with Gasteiger partial charge in [-0.3, -0.25) is 9.69 Å². The molecule has 0 spiro atoms. The van der Waals surface area contributed by atoms with Crippen molar-refractivity contribution in [3.05, 3.63) is 65.9 Å². The molecule has 1 atom stereocenters. The number of para-hydroxylation sites is 1. The zero-order chi connectivity index (χ0) is 14.0. The molecular formula is C18H13N2O+. The number of benzene rings is 2. The number of carbonyl (C=O) groups is 1. The number of ketones is 1. The summed E-state index contributed by atoms with van der Waals surface area (Å²) in [7, 11) is 0. The van der Waals surface area contributed by atoms with Gasteiger partial charge in [0.05, 0.1) is 5.52 Å². The van der Waals surface area contributed by atoms with Crippen molar-refractivity contribution in [2.45, 2.75) is 0 Å². The van der Waals surface area contributed by atoms with Crippen molar-refractivity contribution >= 4 is 33.3 Å². The van der Waals surface area contributed by atoms with E-state index < -0.39 is 0 Å². The lowest BCUT2D eigenvalue weighted by molar-refractivity contribution is -0.774. The molecule has 1 aromatic heterocycles. The number of aromatic amines is 1. The summed E-state index contributed by atoms with van der Waals surface area (Å²) in [6.45, 7) is 0.844. The third kappa shape index (κ3) is 1.29. The van der Waals surface area contributed by atoms with Crippen LogP contribution in [0.3, 0.4) is 0 Å². The Balaban J connectivity index is 1.92. The molecule has 2 N–H and O–H groups in total. The molecule has 21 heavy (non-hydrogen) atoms. The van der Waals surface area contributed by atoms with Crippen LogP contribution < -0.4 is 4.90 Å². The minimum atomic E-state index is 0.154. The van der Waals surface area contributed by atoms with Gasteiger partial charge in [-0.05, 0) is 18.2 Å². The summed E-state index contributed by atoms with van der Waals surface area (Å²) in [5.41, 5.74) is 4.85.